The molecule has 3 aromatic rings. The highest BCUT2D eigenvalue weighted by Gasteiger charge is 2.20. The van der Waals surface area contributed by atoms with Gasteiger partial charge in [-0.15, -0.1) is 0 Å². The minimum atomic E-state index is -0.0930. The zero-order chi connectivity index (χ0) is 13.7. The number of nitrogens with zero attached hydrogens (tertiary/aromatic N) is 3. The number of aromatic nitrogens is 3. The predicted molar refractivity (Wildman–Crippen MR) is 74.6 cm³/mol. The summed E-state index contributed by atoms with van der Waals surface area (Å²) in [6.45, 7) is 2.75. The average Bonchev–Trinajstić information content (AvgIpc) is 3.06. The van der Waals surface area contributed by atoms with Gasteiger partial charge in [0.15, 0.2) is 5.52 Å². The zero-order valence-corrected chi connectivity index (χ0v) is 11.1. The highest BCUT2D eigenvalue weighted by atomic mass is 16.4. The molecule has 0 fully saturated rings. The van der Waals surface area contributed by atoms with Crippen molar-refractivity contribution < 1.29 is 4.42 Å². The first-order chi connectivity index (χ1) is 9.72. The number of oxazole rings is 1. The molecule has 1 aliphatic rings. The molecule has 0 spiro atoms. The van der Waals surface area contributed by atoms with Gasteiger partial charge in [0.25, 0.3) is 11.3 Å². The Hall–Kier alpha value is -2.43. The van der Waals surface area contributed by atoms with E-state index >= 15 is 0 Å². The van der Waals surface area contributed by atoms with Crippen LogP contribution in [0.2, 0.25) is 0 Å². The second-order valence-electron chi connectivity index (χ2n) is 5.13. The average molecular weight is 267 g/mol. The number of benzene rings is 1. The lowest BCUT2D eigenvalue weighted by molar-refractivity contribution is 0.602. The fourth-order valence-corrected chi connectivity index (χ4v) is 2.59. The molecule has 0 aliphatic carbocycles. The summed E-state index contributed by atoms with van der Waals surface area (Å²) < 4.78 is 7.36. The van der Waals surface area contributed by atoms with E-state index < -0.39 is 0 Å². The molecule has 0 atom stereocenters. The van der Waals surface area contributed by atoms with Crippen LogP contribution in [0.25, 0.3) is 22.7 Å². The van der Waals surface area contributed by atoms with Crippen LogP contribution in [0.5, 0.6) is 0 Å². The molecule has 5 nitrogen and oxygen atoms in total. The zero-order valence-electron chi connectivity index (χ0n) is 11.1. The molecule has 5 heteroatoms. The van der Waals surface area contributed by atoms with Crippen molar-refractivity contribution in [2.45, 2.75) is 26.3 Å². The maximum atomic E-state index is 12.3. The van der Waals surface area contributed by atoms with Gasteiger partial charge in [-0.25, -0.2) is 4.98 Å². The van der Waals surface area contributed by atoms with Gasteiger partial charge in [0.2, 0.25) is 5.89 Å². The summed E-state index contributed by atoms with van der Waals surface area (Å²) in [6, 6.07) is 7.85. The van der Waals surface area contributed by atoms with E-state index in [2.05, 4.69) is 9.97 Å². The van der Waals surface area contributed by atoms with Crippen LogP contribution in [0.3, 0.4) is 0 Å². The lowest BCUT2D eigenvalue weighted by Crippen LogP contribution is -2.20. The number of rotatable bonds is 1. The molecule has 0 saturated heterocycles. The molecule has 20 heavy (non-hydrogen) atoms. The Kier molecular flexibility index (Phi) is 2.30. The molecule has 0 amide bonds. The molecule has 1 aliphatic heterocycles. The summed E-state index contributed by atoms with van der Waals surface area (Å²) in [5.74, 6) is 1.25. The monoisotopic (exact) mass is 267 g/mol. The Morgan fingerprint density at radius 2 is 2.00 bits per heavy atom. The molecule has 4 rings (SSSR count). The van der Waals surface area contributed by atoms with Gasteiger partial charge in [-0.05, 0) is 25.5 Å². The van der Waals surface area contributed by atoms with E-state index in [0.29, 0.717) is 17.1 Å². The van der Waals surface area contributed by atoms with Gasteiger partial charge in [-0.3, -0.25) is 9.36 Å². The van der Waals surface area contributed by atoms with E-state index in [1.807, 2.05) is 31.2 Å². The molecule has 0 radical (unpaired) electrons. The van der Waals surface area contributed by atoms with Crippen molar-refractivity contribution in [1.29, 1.82) is 0 Å². The van der Waals surface area contributed by atoms with Crippen LogP contribution in [0.1, 0.15) is 17.8 Å². The summed E-state index contributed by atoms with van der Waals surface area (Å²) in [4.78, 5) is 21.1. The lowest BCUT2D eigenvalue weighted by atomic mass is 10.1. The number of aryl methyl sites for hydroxylation is 2. The van der Waals surface area contributed by atoms with Crippen molar-refractivity contribution in [2.24, 2.45) is 0 Å². The summed E-state index contributed by atoms with van der Waals surface area (Å²) in [5, 5.41) is 0. The molecule has 0 saturated carbocycles. The molecule has 0 bridgehead atoms. The largest absolute Gasteiger partial charge is 0.417 e. The topological polar surface area (TPSA) is 60.9 Å². The van der Waals surface area contributed by atoms with Gasteiger partial charge in [-0.2, -0.15) is 4.98 Å². The van der Waals surface area contributed by atoms with E-state index in [1.165, 1.54) is 5.56 Å². The maximum absolute atomic E-state index is 12.3. The Morgan fingerprint density at radius 1 is 1.20 bits per heavy atom. The minimum Gasteiger partial charge on any atom is -0.417 e. The molecule has 0 unspecified atom stereocenters. The van der Waals surface area contributed by atoms with Gasteiger partial charge in [0.05, 0.1) is 0 Å². The molecule has 2 aromatic heterocycles. The van der Waals surface area contributed by atoms with Gasteiger partial charge in [0.1, 0.15) is 5.82 Å². The summed E-state index contributed by atoms with van der Waals surface area (Å²) >= 11 is 0. The van der Waals surface area contributed by atoms with Crippen LogP contribution in [-0.2, 0) is 13.0 Å². The van der Waals surface area contributed by atoms with E-state index in [1.54, 1.807) is 4.57 Å². The van der Waals surface area contributed by atoms with Crippen molar-refractivity contribution >= 4 is 11.2 Å². The van der Waals surface area contributed by atoms with E-state index in [4.69, 9.17) is 4.42 Å². The highest BCUT2D eigenvalue weighted by molar-refractivity contribution is 5.71. The Balaban J connectivity index is 1.94. The third-order valence-electron chi connectivity index (χ3n) is 3.68. The van der Waals surface area contributed by atoms with Gasteiger partial charge in [0, 0.05) is 18.5 Å². The molecular weight excluding hydrogens is 254 g/mol. The standard InChI is InChI=1S/C15H13N3O2/c1-9-4-6-10(7-5-9)13-17-12-14(20-13)16-11-3-2-8-18(11)15(12)19/h4-7H,2-3,8H2,1H3. The van der Waals surface area contributed by atoms with Gasteiger partial charge in [-0.1, -0.05) is 17.7 Å². The second-order valence-corrected chi connectivity index (χ2v) is 5.13. The van der Waals surface area contributed by atoms with Crippen molar-refractivity contribution in [2.75, 3.05) is 0 Å². The van der Waals surface area contributed by atoms with Crippen LogP contribution < -0.4 is 5.56 Å². The van der Waals surface area contributed by atoms with Crippen LogP contribution in [0.4, 0.5) is 0 Å². The first kappa shape index (κ1) is 11.4. The first-order valence-electron chi connectivity index (χ1n) is 6.70. The Labute approximate surface area is 114 Å². The molecular formula is C15H13N3O2. The lowest BCUT2D eigenvalue weighted by Gasteiger charge is -1.98. The fraction of sp³-hybridized carbons (Fsp3) is 0.267. The third kappa shape index (κ3) is 1.59. The quantitative estimate of drug-likeness (QED) is 0.678. The first-order valence-corrected chi connectivity index (χ1v) is 6.70. The summed E-state index contributed by atoms with van der Waals surface area (Å²) in [6.07, 6.45) is 1.78. The Bertz CT molecular complexity index is 859. The van der Waals surface area contributed by atoms with Crippen LogP contribution in [0.15, 0.2) is 33.5 Å². The normalized spacial score (nSPS) is 13.8. The Morgan fingerprint density at radius 3 is 2.80 bits per heavy atom. The van der Waals surface area contributed by atoms with Crippen LogP contribution in [0, 0.1) is 6.92 Å². The minimum absolute atomic E-state index is 0.0930. The molecule has 0 N–H and O–H groups in total. The predicted octanol–water partition coefficient (Wildman–Crippen LogP) is 2.31. The van der Waals surface area contributed by atoms with Gasteiger partial charge >= 0.3 is 0 Å². The molecule has 1 aromatic carbocycles. The van der Waals surface area contributed by atoms with Crippen molar-refractivity contribution in [1.82, 2.24) is 14.5 Å². The number of fused-ring (bicyclic) bond motifs is 2. The van der Waals surface area contributed by atoms with E-state index in [9.17, 15) is 4.79 Å². The number of hydrogen-bond acceptors (Lipinski definition) is 4. The molecule has 3 heterocycles. The summed E-state index contributed by atoms with van der Waals surface area (Å²) in [5.41, 5.74) is 2.61. The fourth-order valence-electron chi connectivity index (χ4n) is 2.59. The SMILES string of the molecule is Cc1ccc(-c2nc3c(=O)n4c(nc3o2)CCC4)cc1. The van der Waals surface area contributed by atoms with Crippen molar-refractivity contribution in [3.8, 4) is 11.5 Å². The summed E-state index contributed by atoms with van der Waals surface area (Å²) in [7, 11) is 0. The molecule has 100 valence electrons. The smallest absolute Gasteiger partial charge is 0.283 e. The van der Waals surface area contributed by atoms with Crippen molar-refractivity contribution in [3.63, 3.8) is 0 Å². The van der Waals surface area contributed by atoms with Crippen molar-refractivity contribution in [3.05, 3.63) is 46.0 Å². The maximum Gasteiger partial charge on any atom is 0.283 e. The van der Waals surface area contributed by atoms with E-state index in [0.717, 1.165) is 30.8 Å². The second kappa shape index (κ2) is 4.03. The van der Waals surface area contributed by atoms with Crippen LogP contribution >= 0.6 is 0 Å². The van der Waals surface area contributed by atoms with Crippen LogP contribution in [-0.4, -0.2) is 14.5 Å². The highest BCUT2D eigenvalue weighted by Crippen LogP contribution is 2.23. The van der Waals surface area contributed by atoms with E-state index in [-0.39, 0.29) is 5.56 Å². The number of hydrogen-bond donors (Lipinski definition) is 0. The third-order valence-corrected chi connectivity index (χ3v) is 3.68. The van der Waals surface area contributed by atoms with Gasteiger partial charge < -0.3 is 4.42 Å².